The fourth-order valence-electron chi connectivity index (χ4n) is 6.37. The Morgan fingerprint density at radius 3 is 2.07 bits per heavy atom. The van der Waals surface area contributed by atoms with Crippen LogP contribution in [0.1, 0.15) is 65.5 Å². The number of fused-ring (bicyclic) bond motifs is 1. The monoisotopic (exact) mass is 818 g/mol. The molecule has 1 aromatic carbocycles. The van der Waals surface area contributed by atoms with Crippen molar-refractivity contribution in [2.45, 2.75) is 94.2 Å². The van der Waals surface area contributed by atoms with Crippen LogP contribution in [0, 0.1) is 23.2 Å². The number of likely N-dealkylation sites (N-methyl/N-ethyl adjacent to an activating group) is 1. The van der Waals surface area contributed by atoms with Crippen LogP contribution in [0.2, 0.25) is 0 Å². The Morgan fingerprint density at radius 1 is 0.945 bits per heavy atom. The van der Waals surface area contributed by atoms with Crippen molar-refractivity contribution >= 4 is 64.6 Å². The number of alkyl halides is 5. The molecule has 2 unspecified atom stereocenters. The van der Waals surface area contributed by atoms with Gasteiger partial charge in [0.25, 0.3) is 5.91 Å². The number of halogens is 5. The molecule has 1 aliphatic heterocycles. The van der Waals surface area contributed by atoms with Gasteiger partial charge in [0.05, 0.1) is 12.6 Å². The standard InChI is InChI=1S/C36H47Cl2F3N6O8/c1-33(2,3)27(45-32(54)55-34(4,5)36(39,40)41)31(53)47-17-20-23(35(20,37)38)25(47)28(50)43-21(15-18-13-14-18)26(49)29(51)42-16-22(48)44-24(30(52)46(6)7)19-11-9-8-10-12-19/h8-12,18,20-21,23-25,27H,13-17H2,1-7H3,(H,42,51)(H,43,50)(H,44,48)(H,45,54)/t20-,21?,23-,24?,25-,27+/m0/s1. The van der Waals surface area contributed by atoms with Gasteiger partial charge in [-0.3, -0.25) is 28.8 Å². The topological polar surface area (TPSA) is 183 Å². The predicted octanol–water partition coefficient (Wildman–Crippen LogP) is 3.01. The molecule has 1 aromatic rings. The van der Waals surface area contributed by atoms with Gasteiger partial charge in [-0.15, -0.1) is 23.2 Å². The number of ether oxygens (including phenoxy) is 1. The Bertz CT molecular complexity index is 1680. The van der Waals surface area contributed by atoms with E-state index in [0.29, 0.717) is 19.4 Å². The number of nitrogens with one attached hydrogen (secondary N) is 4. The largest absolute Gasteiger partial charge is 0.434 e. The molecule has 1 saturated heterocycles. The molecule has 2 saturated carbocycles. The van der Waals surface area contributed by atoms with E-state index in [-0.39, 0.29) is 18.9 Å². The number of likely N-dealkylation sites (tertiary alicyclic amines) is 1. The molecule has 3 aliphatic rings. The number of hydrogen-bond donors (Lipinski definition) is 4. The number of hydrogen-bond acceptors (Lipinski definition) is 8. The van der Waals surface area contributed by atoms with Crippen LogP contribution in [-0.4, -0.2) is 113 Å². The summed E-state index contributed by atoms with van der Waals surface area (Å²) < 4.78 is 43.5. The number of carbonyl (C=O) groups is 7. The van der Waals surface area contributed by atoms with Gasteiger partial charge >= 0.3 is 12.3 Å². The van der Waals surface area contributed by atoms with Gasteiger partial charge in [-0.2, -0.15) is 13.2 Å². The second-order valence-corrected chi connectivity index (χ2v) is 17.5. The van der Waals surface area contributed by atoms with Crippen molar-refractivity contribution in [2.24, 2.45) is 23.2 Å². The molecular weight excluding hydrogens is 772 g/mol. The maximum absolute atomic E-state index is 14.1. The average molecular weight is 820 g/mol. The highest BCUT2D eigenvalue weighted by Crippen LogP contribution is 2.65. The van der Waals surface area contributed by atoms with Crippen LogP contribution in [0.4, 0.5) is 18.0 Å². The summed E-state index contributed by atoms with van der Waals surface area (Å²) in [6.45, 7) is 5.14. The maximum atomic E-state index is 14.1. The molecule has 0 bridgehead atoms. The number of amides is 6. The van der Waals surface area contributed by atoms with Crippen molar-refractivity contribution in [1.82, 2.24) is 31.1 Å². The molecule has 4 N–H and O–H groups in total. The molecule has 2 aliphatic carbocycles. The van der Waals surface area contributed by atoms with Crippen molar-refractivity contribution in [3.05, 3.63) is 35.9 Å². The normalized spacial score (nSPS) is 21.9. The zero-order valence-electron chi connectivity index (χ0n) is 31.5. The minimum absolute atomic E-state index is 0.00517. The number of nitrogens with zero attached hydrogens (tertiary/aromatic N) is 2. The lowest BCUT2D eigenvalue weighted by molar-refractivity contribution is -0.244. The van der Waals surface area contributed by atoms with Crippen molar-refractivity contribution in [3.63, 3.8) is 0 Å². The van der Waals surface area contributed by atoms with E-state index >= 15 is 0 Å². The minimum atomic E-state index is -4.91. The van der Waals surface area contributed by atoms with Crippen LogP contribution < -0.4 is 21.3 Å². The summed E-state index contributed by atoms with van der Waals surface area (Å²) in [4.78, 5) is 95.5. The molecule has 6 amide bonds. The molecule has 55 heavy (non-hydrogen) atoms. The van der Waals surface area contributed by atoms with E-state index in [0.717, 1.165) is 17.7 Å². The van der Waals surface area contributed by atoms with Gasteiger partial charge in [0.2, 0.25) is 35.0 Å². The lowest BCUT2D eigenvalue weighted by atomic mass is 9.85. The predicted molar refractivity (Wildman–Crippen MR) is 193 cm³/mol. The third-order valence-corrected chi connectivity index (χ3v) is 11.0. The van der Waals surface area contributed by atoms with Crippen LogP contribution in [-0.2, 0) is 33.5 Å². The number of Topliss-reactive ketones (excluding diaryl/α,β-unsaturated/α-hetero) is 1. The lowest BCUT2D eigenvalue weighted by Crippen LogP contribution is -2.61. The summed E-state index contributed by atoms with van der Waals surface area (Å²) in [6.07, 6.45) is -4.89. The number of alkyl carbamates (subject to hydrolysis) is 1. The highest BCUT2D eigenvalue weighted by atomic mass is 35.5. The molecule has 6 atom stereocenters. The summed E-state index contributed by atoms with van der Waals surface area (Å²) in [6, 6.07) is 3.11. The number of rotatable bonds is 14. The number of carbonyl (C=O) groups excluding carboxylic acids is 7. The summed E-state index contributed by atoms with van der Waals surface area (Å²) in [7, 11) is 3.03. The molecule has 4 rings (SSSR count). The van der Waals surface area contributed by atoms with E-state index in [4.69, 9.17) is 23.2 Å². The van der Waals surface area contributed by atoms with Gasteiger partial charge in [-0.1, -0.05) is 63.9 Å². The maximum Gasteiger partial charge on any atom is 0.427 e. The van der Waals surface area contributed by atoms with Gasteiger partial charge in [0.1, 0.15) is 22.5 Å². The smallest absolute Gasteiger partial charge is 0.427 e. The van der Waals surface area contributed by atoms with Crippen LogP contribution in [0.25, 0.3) is 0 Å². The van der Waals surface area contributed by atoms with Gasteiger partial charge in [-0.25, -0.2) is 4.79 Å². The quantitative estimate of drug-likeness (QED) is 0.163. The van der Waals surface area contributed by atoms with E-state index in [2.05, 4.69) is 26.0 Å². The SMILES string of the molecule is CN(C)C(=O)C(NC(=O)CNC(=O)C(=O)C(CC1CC1)NC(=O)[C@@H]1[C@@H]2[C@H](CN1C(=O)[C@@H](NC(=O)OC(C)(C)C(F)(F)F)C(C)(C)C)C2(Cl)Cl)c1ccccc1. The summed E-state index contributed by atoms with van der Waals surface area (Å²) in [5.74, 6) is -6.53. The molecule has 1 heterocycles. The van der Waals surface area contributed by atoms with Gasteiger partial charge in [0, 0.05) is 32.5 Å². The average Bonchev–Trinajstić information content (AvgIpc) is 3.93. The van der Waals surface area contributed by atoms with E-state index in [1.807, 2.05) is 0 Å². The molecular formula is C36H47Cl2F3N6O8. The Labute approximate surface area is 326 Å². The second-order valence-electron chi connectivity index (χ2n) is 16.0. The number of benzene rings is 1. The third kappa shape index (κ3) is 10.2. The van der Waals surface area contributed by atoms with E-state index < -0.39 is 105 Å². The van der Waals surface area contributed by atoms with Gasteiger partial charge in [0.15, 0.2) is 0 Å². The van der Waals surface area contributed by atoms with Crippen molar-refractivity contribution in [2.75, 3.05) is 27.2 Å². The molecule has 0 radical (unpaired) electrons. The minimum Gasteiger partial charge on any atom is -0.434 e. The first-order valence-corrected chi connectivity index (χ1v) is 18.5. The first-order chi connectivity index (χ1) is 25.3. The van der Waals surface area contributed by atoms with Crippen molar-refractivity contribution in [1.29, 1.82) is 0 Å². The Kier molecular flexibility index (Phi) is 12.8. The van der Waals surface area contributed by atoms with E-state index in [1.165, 1.54) is 19.0 Å². The third-order valence-electron chi connectivity index (χ3n) is 9.95. The van der Waals surface area contributed by atoms with Crippen LogP contribution in [0.3, 0.4) is 0 Å². The van der Waals surface area contributed by atoms with E-state index in [9.17, 15) is 46.7 Å². The summed E-state index contributed by atoms with van der Waals surface area (Å²) in [5, 5.41) is 9.61. The zero-order valence-corrected chi connectivity index (χ0v) is 33.0. The Balaban J connectivity index is 1.47. The van der Waals surface area contributed by atoms with Crippen LogP contribution in [0.15, 0.2) is 30.3 Å². The molecule has 3 fully saturated rings. The fraction of sp³-hybridized carbons (Fsp3) is 0.639. The van der Waals surface area contributed by atoms with Gasteiger partial charge < -0.3 is 35.8 Å². The van der Waals surface area contributed by atoms with Crippen LogP contribution >= 0.6 is 23.2 Å². The van der Waals surface area contributed by atoms with Crippen molar-refractivity contribution < 1.29 is 51.5 Å². The number of piperidine rings is 1. The van der Waals surface area contributed by atoms with Crippen LogP contribution in [0.5, 0.6) is 0 Å². The molecule has 0 aromatic heterocycles. The highest BCUT2D eigenvalue weighted by Gasteiger charge is 2.74. The fourth-order valence-corrected chi connectivity index (χ4v) is 7.20. The summed E-state index contributed by atoms with van der Waals surface area (Å²) >= 11 is 12.9. The second kappa shape index (κ2) is 16.2. The molecule has 19 heteroatoms. The molecule has 14 nitrogen and oxygen atoms in total. The first-order valence-electron chi connectivity index (χ1n) is 17.7. The lowest BCUT2D eigenvalue weighted by Gasteiger charge is -2.38. The molecule has 0 spiro atoms. The van der Waals surface area contributed by atoms with E-state index in [1.54, 1.807) is 51.1 Å². The Hall–Kier alpha value is -4.12. The number of ketones is 1. The van der Waals surface area contributed by atoms with Crippen molar-refractivity contribution in [3.8, 4) is 0 Å². The first kappa shape index (κ1) is 43.6. The van der Waals surface area contributed by atoms with Gasteiger partial charge in [-0.05, 0) is 37.2 Å². The summed E-state index contributed by atoms with van der Waals surface area (Å²) in [5.41, 5.74) is -3.48. The zero-order chi connectivity index (χ0) is 41.4. The Morgan fingerprint density at radius 2 is 1.55 bits per heavy atom. The molecule has 304 valence electrons. The highest BCUT2D eigenvalue weighted by molar-refractivity contribution is 6.51.